The van der Waals surface area contributed by atoms with Gasteiger partial charge in [-0.25, -0.2) is 17.6 Å². The van der Waals surface area contributed by atoms with E-state index in [2.05, 4.69) is 10.6 Å². The highest BCUT2D eigenvalue weighted by Crippen LogP contribution is 2.40. The molecule has 2 aromatic rings. The number of fused-ring (bicyclic) bond motifs is 1. The molecule has 1 aliphatic heterocycles. The number of rotatable bonds is 7. The van der Waals surface area contributed by atoms with Crippen LogP contribution in [-0.2, 0) is 19.6 Å². The van der Waals surface area contributed by atoms with Gasteiger partial charge < -0.3 is 14.8 Å². The van der Waals surface area contributed by atoms with E-state index in [9.17, 15) is 22.4 Å². The molecule has 12 heteroatoms. The summed E-state index contributed by atoms with van der Waals surface area (Å²) in [7, 11) is -4.22. The van der Waals surface area contributed by atoms with Gasteiger partial charge in [0.25, 0.3) is 10.0 Å². The van der Waals surface area contributed by atoms with Gasteiger partial charge in [-0.15, -0.1) is 0 Å². The Morgan fingerprint density at radius 3 is 2.56 bits per heavy atom. The van der Waals surface area contributed by atoms with Gasteiger partial charge in [0.15, 0.2) is 0 Å². The number of carbonyl (C=O) groups is 2. The third-order valence-corrected chi connectivity index (χ3v) is 7.28. The van der Waals surface area contributed by atoms with Crippen molar-refractivity contribution in [2.45, 2.75) is 63.7 Å². The van der Waals surface area contributed by atoms with Crippen molar-refractivity contribution >= 4 is 45.0 Å². The lowest BCUT2D eigenvalue weighted by molar-refractivity contribution is -0.120. The highest BCUT2D eigenvalue weighted by atomic mass is 35.5. The second kappa shape index (κ2) is 10.5. The van der Waals surface area contributed by atoms with Crippen LogP contribution in [0, 0.1) is 5.82 Å². The van der Waals surface area contributed by atoms with Crippen LogP contribution < -0.4 is 19.7 Å². The van der Waals surface area contributed by atoms with E-state index in [0.717, 1.165) is 22.5 Å². The van der Waals surface area contributed by atoms with Crippen molar-refractivity contribution in [3.63, 3.8) is 0 Å². The standard InChI is InChI=1S/C24H29ClFN3O6S/c1-14(2)34-23(31)27-16-6-9-22-21(10-16)29(13-17(35-22)12-24(4,5)28-15(3)30)36(32,33)18-7-8-20(26)19(25)11-18/h6-11,14,17H,12-13H2,1-5H3,(H,27,31)(H,28,30). The minimum absolute atomic E-state index is 0.104. The van der Waals surface area contributed by atoms with Gasteiger partial charge in [0.2, 0.25) is 5.91 Å². The predicted molar refractivity (Wildman–Crippen MR) is 135 cm³/mol. The van der Waals surface area contributed by atoms with E-state index in [1.54, 1.807) is 33.8 Å². The molecule has 0 spiro atoms. The summed E-state index contributed by atoms with van der Waals surface area (Å²) in [5, 5.41) is 5.06. The maximum absolute atomic E-state index is 13.7. The molecule has 0 saturated heterocycles. The van der Waals surface area contributed by atoms with Crippen molar-refractivity contribution in [3.05, 3.63) is 47.2 Å². The smallest absolute Gasteiger partial charge is 0.411 e. The summed E-state index contributed by atoms with van der Waals surface area (Å²) >= 11 is 5.86. The van der Waals surface area contributed by atoms with Gasteiger partial charge in [0, 0.05) is 24.6 Å². The van der Waals surface area contributed by atoms with Gasteiger partial charge in [0.05, 0.1) is 28.3 Å². The second-order valence-electron chi connectivity index (χ2n) is 9.38. The molecule has 0 aliphatic carbocycles. The van der Waals surface area contributed by atoms with Crippen LogP contribution in [0.5, 0.6) is 5.75 Å². The topological polar surface area (TPSA) is 114 Å². The summed E-state index contributed by atoms with van der Waals surface area (Å²) in [5.74, 6) is -0.724. The van der Waals surface area contributed by atoms with Crippen LogP contribution in [0.15, 0.2) is 41.3 Å². The Labute approximate surface area is 215 Å². The number of sulfonamides is 1. The fraction of sp³-hybridized carbons (Fsp3) is 0.417. The van der Waals surface area contributed by atoms with Gasteiger partial charge in [-0.2, -0.15) is 0 Å². The summed E-state index contributed by atoms with van der Waals surface area (Å²) in [6.45, 7) is 8.30. The molecular formula is C24H29ClFN3O6S. The third kappa shape index (κ3) is 6.58. The lowest BCUT2D eigenvalue weighted by atomic mass is 9.95. The highest BCUT2D eigenvalue weighted by molar-refractivity contribution is 7.92. The molecule has 0 bridgehead atoms. The molecule has 196 valence electrons. The predicted octanol–water partition coefficient (Wildman–Crippen LogP) is 4.70. The van der Waals surface area contributed by atoms with Crippen molar-refractivity contribution in [2.75, 3.05) is 16.2 Å². The molecule has 2 aromatic carbocycles. The summed E-state index contributed by atoms with van der Waals surface area (Å²) in [6, 6.07) is 7.70. The van der Waals surface area contributed by atoms with E-state index in [4.69, 9.17) is 21.1 Å². The van der Waals surface area contributed by atoms with Crippen LogP contribution in [0.25, 0.3) is 0 Å². The van der Waals surface area contributed by atoms with Crippen LogP contribution in [0.2, 0.25) is 5.02 Å². The van der Waals surface area contributed by atoms with Gasteiger partial charge in [-0.05, 0) is 64.1 Å². The lowest BCUT2D eigenvalue weighted by Gasteiger charge is -2.39. The maximum atomic E-state index is 13.7. The van der Waals surface area contributed by atoms with Gasteiger partial charge in [0.1, 0.15) is 17.7 Å². The minimum Gasteiger partial charge on any atom is -0.486 e. The number of carbonyl (C=O) groups excluding carboxylic acids is 2. The first-order valence-corrected chi connectivity index (χ1v) is 13.0. The first-order chi connectivity index (χ1) is 16.7. The first kappa shape index (κ1) is 27.5. The van der Waals surface area contributed by atoms with Crippen LogP contribution >= 0.6 is 11.6 Å². The number of hydrogen-bond acceptors (Lipinski definition) is 6. The average Bonchev–Trinajstić information content (AvgIpc) is 2.73. The molecule has 3 rings (SSSR count). The van der Waals surface area contributed by atoms with Gasteiger partial charge in [-0.3, -0.25) is 14.4 Å². The molecule has 1 heterocycles. The molecule has 0 fully saturated rings. The van der Waals surface area contributed by atoms with Crippen LogP contribution in [-0.4, -0.2) is 44.7 Å². The average molecular weight is 542 g/mol. The number of nitrogens with one attached hydrogen (secondary N) is 2. The quantitative estimate of drug-likeness (QED) is 0.525. The van der Waals surface area contributed by atoms with Crippen molar-refractivity contribution in [2.24, 2.45) is 0 Å². The summed E-state index contributed by atoms with van der Waals surface area (Å²) in [4.78, 5) is 23.5. The zero-order valence-electron chi connectivity index (χ0n) is 20.6. The number of hydrogen-bond donors (Lipinski definition) is 2. The molecule has 2 amide bonds. The fourth-order valence-electron chi connectivity index (χ4n) is 3.95. The fourth-order valence-corrected chi connectivity index (χ4v) is 5.72. The zero-order valence-corrected chi connectivity index (χ0v) is 22.2. The third-order valence-electron chi connectivity index (χ3n) is 5.21. The van der Waals surface area contributed by atoms with Crippen molar-refractivity contribution < 1.29 is 31.9 Å². The van der Waals surface area contributed by atoms with Gasteiger partial charge >= 0.3 is 6.09 Å². The van der Waals surface area contributed by atoms with E-state index >= 15 is 0 Å². The molecule has 1 unspecified atom stereocenters. The van der Waals surface area contributed by atoms with Crippen molar-refractivity contribution in [3.8, 4) is 5.75 Å². The molecule has 2 N–H and O–H groups in total. The Bertz CT molecular complexity index is 1270. The highest BCUT2D eigenvalue weighted by Gasteiger charge is 2.37. The number of amides is 2. The normalized spacial score (nSPS) is 15.7. The largest absolute Gasteiger partial charge is 0.486 e. The molecule has 0 saturated carbocycles. The maximum Gasteiger partial charge on any atom is 0.411 e. The number of nitrogens with zero attached hydrogens (tertiary/aromatic N) is 1. The summed E-state index contributed by atoms with van der Waals surface area (Å²) in [6.07, 6.45) is -1.38. The van der Waals surface area contributed by atoms with E-state index in [1.165, 1.54) is 19.1 Å². The number of anilines is 2. The van der Waals surface area contributed by atoms with Crippen LogP contribution in [0.1, 0.15) is 41.0 Å². The lowest BCUT2D eigenvalue weighted by Crippen LogP contribution is -2.50. The molecule has 0 aromatic heterocycles. The summed E-state index contributed by atoms with van der Waals surface area (Å²) in [5.41, 5.74) is -0.228. The molecule has 9 nitrogen and oxygen atoms in total. The van der Waals surface area contributed by atoms with E-state index < -0.39 is 33.6 Å². The summed E-state index contributed by atoms with van der Waals surface area (Å²) < 4.78 is 53.4. The van der Waals surface area contributed by atoms with E-state index in [-0.39, 0.29) is 45.6 Å². The van der Waals surface area contributed by atoms with Crippen molar-refractivity contribution in [1.29, 1.82) is 0 Å². The molecule has 36 heavy (non-hydrogen) atoms. The monoisotopic (exact) mass is 541 g/mol. The van der Waals surface area contributed by atoms with Gasteiger partial charge in [-0.1, -0.05) is 11.6 Å². The molecule has 1 atom stereocenters. The SMILES string of the molecule is CC(=O)NC(C)(C)CC1CN(S(=O)(=O)c2ccc(F)c(Cl)c2)c2cc(NC(=O)OC(C)C)ccc2O1. The van der Waals surface area contributed by atoms with E-state index in [0.29, 0.717) is 6.42 Å². The second-order valence-corrected chi connectivity index (χ2v) is 11.7. The van der Waals surface area contributed by atoms with E-state index in [1.807, 2.05) is 0 Å². The molecule has 1 aliphatic rings. The number of ether oxygens (including phenoxy) is 2. The van der Waals surface area contributed by atoms with Crippen LogP contribution in [0.4, 0.5) is 20.6 Å². The first-order valence-electron chi connectivity index (χ1n) is 11.2. The van der Waals surface area contributed by atoms with Crippen LogP contribution in [0.3, 0.4) is 0 Å². The number of benzene rings is 2. The number of halogens is 2. The zero-order chi connectivity index (χ0) is 26.8. The Hall–Kier alpha value is -3.05. The Morgan fingerprint density at radius 1 is 1.25 bits per heavy atom. The Kier molecular flexibility index (Phi) is 8.04. The molecule has 0 radical (unpaired) electrons. The molecular weight excluding hydrogens is 513 g/mol. The van der Waals surface area contributed by atoms with Crippen molar-refractivity contribution in [1.82, 2.24) is 5.32 Å². The Balaban J connectivity index is 2.03. The minimum atomic E-state index is -4.22. The Morgan fingerprint density at radius 2 is 1.94 bits per heavy atom.